The fourth-order valence-corrected chi connectivity index (χ4v) is 3.81. The predicted octanol–water partition coefficient (Wildman–Crippen LogP) is 4.68. The zero-order valence-electron chi connectivity index (χ0n) is 13.7. The summed E-state index contributed by atoms with van der Waals surface area (Å²) in [6.45, 7) is 6.84. The van der Waals surface area contributed by atoms with Crippen LogP contribution in [0.15, 0.2) is 60.1 Å². The number of carbonyl (C=O) groups is 1. The zero-order valence-corrected chi connectivity index (χ0v) is 15.3. The number of halogens is 1. The Labute approximate surface area is 154 Å². The van der Waals surface area contributed by atoms with E-state index in [0.29, 0.717) is 28.5 Å². The Morgan fingerprint density at radius 2 is 2.12 bits per heavy atom. The number of hydrogen-bond acceptors (Lipinski definition) is 3. The van der Waals surface area contributed by atoms with Crippen LogP contribution in [0.2, 0.25) is 5.02 Å². The van der Waals surface area contributed by atoms with Crippen molar-refractivity contribution in [3.05, 3.63) is 70.5 Å². The van der Waals surface area contributed by atoms with Gasteiger partial charge in [-0.3, -0.25) is 4.79 Å². The summed E-state index contributed by atoms with van der Waals surface area (Å²) in [7, 11) is 0. The van der Waals surface area contributed by atoms with Crippen LogP contribution < -0.4 is 9.54 Å². The van der Waals surface area contributed by atoms with Gasteiger partial charge in [0, 0.05) is 6.54 Å². The SMILES string of the molecule is C=CCn1c(=NC(=O)c2ccccc2Cl)sc2cccc(OCC)c21. The summed E-state index contributed by atoms with van der Waals surface area (Å²) in [5, 5.41) is 0.391. The second kappa shape index (κ2) is 7.68. The molecule has 0 saturated heterocycles. The molecule has 0 saturated carbocycles. The van der Waals surface area contributed by atoms with Gasteiger partial charge in [0.1, 0.15) is 11.3 Å². The minimum absolute atomic E-state index is 0.368. The third-order valence-corrected chi connectivity index (χ3v) is 4.95. The predicted molar refractivity (Wildman–Crippen MR) is 103 cm³/mol. The van der Waals surface area contributed by atoms with Gasteiger partial charge in [-0.05, 0) is 31.2 Å². The van der Waals surface area contributed by atoms with Crippen molar-refractivity contribution < 1.29 is 9.53 Å². The molecule has 2 aromatic carbocycles. The first-order chi connectivity index (χ1) is 12.2. The van der Waals surface area contributed by atoms with Crippen molar-refractivity contribution in [3.8, 4) is 5.75 Å². The molecule has 0 radical (unpaired) electrons. The lowest BCUT2D eigenvalue weighted by Gasteiger charge is -2.08. The van der Waals surface area contributed by atoms with Crippen LogP contribution >= 0.6 is 22.9 Å². The molecule has 25 heavy (non-hydrogen) atoms. The maximum atomic E-state index is 12.6. The number of nitrogens with zero attached hydrogens (tertiary/aromatic N) is 2. The van der Waals surface area contributed by atoms with Crippen LogP contribution in [0.5, 0.6) is 5.75 Å². The van der Waals surface area contributed by atoms with Crippen molar-refractivity contribution in [2.75, 3.05) is 6.61 Å². The summed E-state index contributed by atoms with van der Waals surface area (Å²) >= 11 is 7.55. The largest absolute Gasteiger partial charge is 0.492 e. The number of ether oxygens (including phenoxy) is 1. The molecule has 0 N–H and O–H groups in total. The molecular formula is C19H17ClN2O2S. The molecule has 0 aliphatic heterocycles. The first kappa shape index (κ1) is 17.5. The van der Waals surface area contributed by atoms with Crippen molar-refractivity contribution >= 4 is 39.1 Å². The van der Waals surface area contributed by atoms with Gasteiger partial charge in [0.05, 0.1) is 21.9 Å². The van der Waals surface area contributed by atoms with Crippen molar-refractivity contribution in [1.82, 2.24) is 4.57 Å². The molecule has 0 bridgehead atoms. The van der Waals surface area contributed by atoms with Gasteiger partial charge in [0.2, 0.25) is 0 Å². The van der Waals surface area contributed by atoms with Gasteiger partial charge in [-0.25, -0.2) is 0 Å². The summed E-state index contributed by atoms with van der Waals surface area (Å²) in [6, 6.07) is 12.7. The Balaban J connectivity index is 2.20. The van der Waals surface area contributed by atoms with Gasteiger partial charge < -0.3 is 9.30 Å². The van der Waals surface area contributed by atoms with Crippen LogP contribution in [-0.4, -0.2) is 17.1 Å². The number of hydrogen-bond donors (Lipinski definition) is 0. The van der Waals surface area contributed by atoms with E-state index >= 15 is 0 Å². The third kappa shape index (κ3) is 3.52. The van der Waals surface area contributed by atoms with E-state index in [2.05, 4.69) is 11.6 Å². The van der Waals surface area contributed by atoms with Gasteiger partial charge in [-0.2, -0.15) is 4.99 Å². The molecule has 3 rings (SSSR count). The number of thiazole rings is 1. The van der Waals surface area contributed by atoms with Gasteiger partial charge in [-0.15, -0.1) is 6.58 Å². The highest BCUT2D eigenvalue weighted by Crippen LogP contribution is 2.27. The number of rotatable bonds is 5. The van der Waals surface area contributed by atoms with E-state index in [1.54, 1.807) is 30.3 Å². The Kier molecular flexibility index (Phi) is 5.36. The van der Waals surface area contributed by atoms with Gasteiger partial charge in [0.15, 0.2) is 4.80 Å². The van der Waals surface area contributed by atoms with Crippen molar-refractivity contribution in [2.45, 2.75) is 13.5 Å². The summed E-state index contributed by atoms with van der Waals surface area (Å²) in [5.41, 5.74) is 1.30. The lowest BCUT2D eigenvalue weighted by Crippen LogP contribution is -2.16. The normalized spacial score (nSPS) is 11.7. The smallest absolute Gasteiger partial charge is 0.281 e. The van der Waals surface area contributed by atoms with E-state index in [1.807, 2.05) is 29.7 Å². The molecule has 1 aromatic heterocycles. The Hall–Kier alpha value is -2.37. The number of para-hydroxylation sites is 1. The van der Waals surface area contributed by atoms with E-state index in [9.17, 15) is 4.79 Å². The highest BCUT2D eigenvalue weighted by molar-refractivity contribution is 7.16. The van der Waals surface area contributed by atoms with Crippen LogP contribution in [0.4, 0.5) is 0 Å². The van der Waals surface area contributed by atoms with E-state index < -0.39 is 0 Å². The van der Waals surface area contributed by atoms with Gasteiger partial charge >= 0.3 is 0 Å². The van der Waals surface area contributed by atoms with E-state index in [1.165, 1.54) is 11.3 Å². The molecule has 0 unspecified atom stereocenters. The Morgan fingerprint density at radius 3 is 2.84 bits per heavy atom. The second-order valence-corrected chi connectivity index (χ2v) is 6.63. The first-order valence-electron chi connectivity index (χ1n) is 7.85. The van der Waals surface area contributed by atoms with Crippen LogP contribution in [0.3, 0.4) is 0 Å². The third-order valence-electron chi connectivity index (χ3n) is 3.58. The second-order valence-electron chi connectivity index (χ2n) is 5.22. The molecular weight excluding hydrogens is 356 g/mol. The van der Waals surface area contributed by atoms with E-state index in [-0.39, 0.29) is 5.91 Å². The van der Waals surface area contributed by atoms with E-state index in [4.69, 9.17) is 16.3 Å². The molecule has 0 aliphatic rings. The fraction of sp³-hybridized carbons (Fsp3) is 0.158. The minimum Gasteiger partial charge on any atom is -0.492 e. The van der Waals surface area contributed by atoms with Crippen molar-refractivity contribution in [3.63, 3.8) is 0 Å². The molecule has 0 atom stereocenters. The summed E-state index contributed by atoms with van der Waals surface area (Å²) in [4.78, 5) is 17.5. The Bertz CT molecular complexity index is 1000. The van der Waals surface area contributed by atoms with Crippen LogP contribution in [0.25, 0.3) is 10.2 Å². The topological polar surface area (TPSA) is 43.6 Å². The van der Waals surface area contributed by atoms with Gasteiger partial charge in [-0.1, -0.05) is 47.2 Å². The summed E-state index contributed by atoms with van der Waals surface area (Å²) < 4.78 is 8.67. The number of carbonyl (C=O) groups excluding carboxylic acids is 1. The van der Waals surface area contributed by atoms with E-state index in [0.717, 1.165) is 16.0 Å². The monoisotopic (exact) mass is 372 g/mol. The fourth-order valence-electron chi connectivity index (χ4n) is 2.54. The molecule has 0 spiro atoms. The van der Waals surface area contributed by atoms with Gasteiger partial charge in [0.25, 0.3) is 5.91 Å². The Morgan fingerprint density at radius 1 is 1.32 bits per heavy atom. The van der Waals surface area contributed by atoms with Crippen LogP contribution in [0, 0.1) is 0 Å². The average Bonchev–Trinajstić information content (AvgIpc) is 2.94. The lowest BCUT2D eigenvalue weighted by molar-refractivity contribution is 0.0998. The summed E-state index contributed by atoms with van der Waals surface area (Å²) in [6.07, 6.45) is 1.77. The van der Waals surface area contributed by atoms with Crippen molar-refractivity contribution in [1.29, 1.82) is 0 Å². The molecule has 0 fully saturated rings. The molecule has 6 heteroatoms. The molecule has 4 nitrogen and oxygen atoms in total. The maximum absolute atomic E-state index is 12.6. The maximum Gasteiger partial charge on any atom is 0.281 e. The quantitative estimate of drug-likeness (QED) is 0.610. The number of amides is 1. The average molecular weight is 373 g/mol. The van der Waals surface area contributed by atoms with Crippen LogP contribution in [-0.2, 0) is 6.54 Å². The zero-order chi connectivity index (χ0) is 17.8. The number of aromatic nitrogens is 1. The van der Waals surface area contributed by atoms with Crippen molar-refractivity contribution in [2.24, 2.45) is 4.99 Å². The number of fused-ring (bicyclic) bond motifs is 1. The lowest BCUT2D eigenvalue weighted by atomic mass is 10.2. The molecule has 1 heterocycles. The number of allylic oxidation sites excluding steroid dienone is 1. The summed E-state index contributed by atoms with van der Waals surface area (Å²) in [5.74, 6) is 0.401. The molecule has 3 aromatic rings. The van der Waals surface area contributed by atoms with Crippen LogP contribution in [0.1, 0.15) is 17.3 Å². The first-order valence-corrected chi connectivity index (χ1v) is 9.04. The molecule has 0 aliphatic carbocycles. The molecule has 1 amide bonds. The highest BCUT2D eigenvalue weighted by atomic mass is 35.5. The minimum atomic E-state index is -0.368. The highest BCUT2D eigenvalue weighted by Gasteiger charge is 2.13. The molecule has 128 valence electrons. The standard InChI is InChI=1S/C19H17ClN2O2S/c1-3-12-22-17-15(24-4-2)10-7-11-16(17)25-19(22)21-18(23)13-8-5-6-9-14(13)20/h3,5-11H,1,4,12H2,2H3. The number of benzene rings is 2.